The van der Waals surface area contributed by atoms with Crippen molar-refractivity contribution in [1.29, 1.82) is 0 Å². The van der Waals surface area contributed by atoms with E-state index >= 15 is 0 Å². The Balaban J connectivity index is 1.72. The number of nitrogens with one attached hydrogen (secondary N) is 1. The second-order valence-corrected chi connectivity index (χ2v) is 11.7. The van der Waals surface area contributed by atoms with E-state index in [0.717, 1.165) is 18.2 Å². The van der Waals surface area contributed by atoms with Crippen LogP contribution in [-0.4, -0.2) is 50.0 Å². The first-order valence-corrected chi connectivity index (χ1v) is 13.2. The molecule has 1 saturated carbocycles. The van der Waals surface area contributed by atoms with Crippen LogP contribution in [0.15, 0.2) is 41.3 Å². The minimum absolute atomic E-state index is 0.102. The molecule has 2 N–H and O–H groups in total. The highest BCUT2D eigenvalue weighted by atomic mass is 32.2. The van der Waals surface area contributed by atoms with Crippen LogP contribution in [0.5, 0.6) is 5.75 Å². The minimum atomic E-state index is -5.23. The molecule has 41 heavy (non-hydrogen) atoms. The Labute approximate surface area is 227 Å². The molecule has 224 valence electrons. The summed E-state index contributed by atoms with van der Waals surface area (Å²) in [6, 6.07) is 4.28. The lowest BCUT2D eigenvalue weighted by molar-refractivity contribution is -0.242. The summed E-state index contributed by atoms with van der Waals surface area (Å²) in [7, 11) is -4.90. The number of nitrogens with zero attached hydrogens (tertiary/aromatic N) is 1. The zero-order valence-electron chi connectivity index (χ0n) is 21.0. The molecule has 9 nitrogen and oxygen atoms in total. The fourth-order valence-electron chi connectivity index (χ4n) is 4.15. The van der Waals surface area contributed by atoms with Gasteiger partial charge in [0.2, 0.25) is 5.60 Å². The summed E-state index contributed by atoms with van der Waals surface area (Å²) < 4.78 is 131. The number of fused-ring (bicyclic) bond motifs is 1. The molecular formula is C24H21F7N2O7S. The number of carbonyl (C=O) groups excluding carboxylic acids is 1. The van der Waals surface area contributed by atoms with Crippen LogP contribution in [-0.2, 0) is 25.7 Å². The maximum atomic E-state index is 13.9. The average molecular weight is 614 g/mol. The average Bonchev–Trinajstić information content (AvgIpc) is 3.63. The smallest absolute Gasteiger partial charge is 0.427 e. The summed E-state index contributed by atoms with van der Waals surface area (Å²) >= 11 is 0. The molecule has 1 aliphatic carbocycles. The number of hydrogen-bond acceptors (Lipinski definition) is 6. The van der Waals surface area contributed by atoms with Gasteiger partial charge < -0.3 is 14.6 Å². The number of carbonyl (C=O) groups is 2. The molecule has 17 heteroatoms. The second-order valence-electron chi connectivity index (χ2n) is 9.88. The third-order valence-corrected chi connectivity index (χ3v) is 8.37. The molecule has 0 bridgehead atoms. The molecule has 1 heterocycles. The fraction of sp³-hybridized carbons (Fsp3) is 0.417. The second kappa shape index (κ2) is 9.95. The number of alkyl halides is 6. The molecule has 0 unspecified atom stereocenters. The lowest BCUT2D eigenvalue weighted by Crippen LogP contribution is -2.45. The largest absolute Gasteiger partial charge is 0.486 e. The van der Waals surface area contributed by atoms with Gasteiger partial charge in [-0.1, -0.05) is 0 Å². The number of anilines is 2. The normalized spacial score (nSPS) is 21.0. The van der Waals surface area contributed by atoms with Gasteiger partial charge in [-0.2, -0.15) is 26.3 Å². The van der Waals surface area contributed by atoms with Crippen LogP contribution < -0.4 is 14.4 Å². The van der Waals surface area contributed by atoms with E-state index in [9.17, 15) is 53.8 Å². The summed E-state index contributed by atoms with van der Waals surface area (Å²) in [5.41, 5.74) is -5.33. The summed E-state index contributed by atoms with van der Waals surface area (Å²) in [5, 5.41) is 11.3. The number of aliphatic carboxylic acids is 1. The van der Waals surface area contributed by atoms with Crippen molar-refractivity contribution in [2.75, 3.05) is 16.2 Å². The van der Waals surface area contributed by atoms with E-state index in [-0.39, 0.29) is 29.6 Å². The maximum Gasteiger partial charge on any atom is 0.427 e. The zero-order valence-corrected chi connectivity index (χ0v) is 21.8. The molecule has 1 aliphatic heterocycles. The third-order valence-electron chi connectivity index (χ3n) is 6.59. The van der Waals surface area contributed by atoms with Gasteiger partial charge in [-0.3, -0.25) is 14.4 Å². The number of amides is 1. The number of carboxylic acid groups (broad SMARTS) is 1. The molecule has 1 amide bonds. The SMILES string of the molecule is CC(C)(OC(=O)Nc1ccc2c(c1)N(S(=O)(=O)c1ccc(F)c(C(F)(F)F)c1)C[C@H]([C@H]1C[C@@H]1C(=O)O)O2)C(F)(F)F. The Hall–Kier alpha value is -3.76. The lowest BCUT2D eigenvalue weighted by Gasteiger charge is -2.36. The van der Waals surface area contributed by atoms with Crippen molar-refractivity contribution in [1.82, 2.24) is 0 Å². The Morgan fingerprint density at radius 1 is 1.07 bits per heavy atom. The lowest BCUT2D eigenvalue weighted by atomic mass is 10.1. The van der Waals surface area contributed by atoms with Gasteiger partial charge in [-0.25, -0.2) is 17.6 Å². The topological polar surface area (TPSA) is 122 Å². The minimum Gasteiger partial charge on any atom is -0.486 e. The van der Waals surface area contributed by atoms with Crippen LogP contribution >= 0.6 is 0 Å². The number of hydrogen-bond donors (Lipinski definition) is 2. The van der Waals surface area contributed by atoms with E-state index in [1.54, 1.807) is 0 Å². The van der Waals surface area contributed by atoms with Crippen LogP contribution in [0.2, 0.25) is 0 Å². The predicted molar refractivity (Wildman–Crippen MR) is 126 cm³/mol. The monoisotopic (exact) mass is 614 g/mol. The molecular weight excluding hydrogens is 593 g/mol. The molecule has 3 atom stereocenters. The van der Waals surface area contributed by atoms with Crippen molar-refractivity contribution in [3.8, 4) is 5.75 Å². The quantitative estimate of drug-likeness (QED) is 0.418. The van der Waals surface area contributed by atoms with Crippen molar-refractivity contribution in [3.05, 3.63) is 47.8 Å². The van der Waals surface area contributed by atoms with E-state index in [2.05, 4.69) is 4.74 Å². The summed E-state index contributed by atoms with van der Waals surface area (Å²) in [4.78, 5) is 22.6. The number of ether oxygens (including phenoxy) is 2. The van der Waals surface area contributed by atoms with E-state index in [1.165, 1.54) is 0 Å². The molecule has 0 saturated heterocycles. The number of sulfonamides is 1. The summed E-state index contributed by atoms with van der Waals surface area (Å²) in [5.74, 6) is -4.55. The molecule has 0 aromatic heterocycles. The van der Waals surface area contributed by atoms with Gasteiger partial charge >= 0.3 is 24.4 Å². The molecule has 2 aliphatic rings. The highest BCUT2D eigenvalue weighted by molar-refractivity contribution is 7.92. The maximum absolute atomic E-state index is 13.9. The predicted octanol–water partition coefficient (Wildman–Crippen LogP) is 5.41. The highest BCUT2D eigenvalue weighted by Gasteiger charge is 2.53. The van der Waals surface area contributed by atoms with Crippen molar-refractivity contribution < 1.29 is 63.3 Å². The molecule has 2 aromatic carbocycles. The first-order valence-electron chi connectivity index (χ1n) is 11.7. The van der Waals surface area contributed by atoms with Gasteiger partial charge in [0.1, 0.15) is 17.7 Å². The number of carboxylic acids is 1. The molecule has 0 radical (unpaired) electrons. The first-order chi connectivity index (χ1) is 18.7. The van der Waals surface area contributed by atoms with Gasteiger partial charge in [-0.05, 0) is 56.7 Å². The Morgan fingerprint density at radius 2 is 1.73 bits per heavy atom. The zero-order chi connectivity index (χ0) is 30.7. The Morgan fingerprint density at radius 3 is 2.29 bits per heavy atom. The van der Waals surface area contributed by atoms with E-state index in [0.29, 0.717) is 30.3 Å². The summed E-state index contributed by atoms with van der Waals surface area (Å²) in [6.07, 6.45) is -12.6. The van der Waals surface area contributed by atoms with Crippen LogP contribution in [0.1, 0.15) is 25.8 Å². The van der Waals surface area contributed by atoms with Gasteiger partial charge in [-0.15, -0.1) is 0 Å². The van der Waals surface area contributed by atoms with Crippen molar-refractivity contribution >= 4 is 33.5 Å². The third kappa shape index (κ3) is 5.99. The van der Waals surface area contributed by atoms with Gasteiger partial charge in [0, 0.05) is 11.6 Å². The molecule has 2 aromatic rings. The number of halogens is 7. The van der Waals surface area contributed by atoms with Crippen LogP contribution in [0.4, 0.5) is 46.9 Å². The van der Waals surface area contributed by atoms with E-state index in [4.69, 9.17) is 4.74 Å². The summed E-state index contributed by atoms with van der Waals surface area (Å²) in [6.45, 7) is 0.626. The van der Waals surface area contributed by atoms with Crippen molar-refractivity contribution in [2.45, 2.75) is 49.2 Å². The first kappa shape index (κ1) is 30.2. The van der Waals surface area contributed by atoms with Crippen molar-refractivity contribution in [3.63, 3.8) is 0 Å². The molecule has 1 fully saturated rings. The van der Waals surface area contributed by atoms with E-state index < -0.39 is 80.8 Å². The number of rotatable bonds is 6. The van der Waals surface area contributed by atoms with Crippen LogP contribution in [0.3, 0.4) is 0 Å². The standard InChI is InChI=1S/C24H21F7N2O7S/c1-22(2,24(29,30)31)40-21(36)32-11-3-6-18-17(7-11)33(10-19(39-18)13-9-14(13)20(34)35)41(37,38)12-4-5-16(25)15(8-12)23(26,27)28/h3-8,13-14,19H,9-10H2,1-2H3,(H,32,36)(H,34,35)/t13-,14-,19+/m0/s1. The fourth-order valence-corrected chi connectivity index (χ4v) is 5.66. The van der Waals surface area contributed by atoms with E-state index in [1.807, 2.05) is 5.32 Å². The van der Waals surface area contributed by atoms with Gasteiger partial charge in [0.05, 0.1) is 28.6 Å². The van der Waals surface area contributed by atoms with Crippen molar-refractivity contribution in [2.24, 2.45) is 11.8 Å². The molecule has 0 spiro atoms. The molecule has 4 rings (SSSR count). The number of benzene rings is 2. The Kier molecular flexibility index (Phi) is 7.33. The van der Waals surface area contributed by atoms with Gasteiger partial charge in [0.15, 0.2) is 0 Å². The van der Waals surface area contributed by atoms with Crippen LogP contribution in [0, 0.1) is 17.7 Å². The van der Waals surface area contributed by atoms with Gasteiger partial charge in [0.25, 0.3) is 10.0 Å². The highest BCUT2D eigenvalue weighted by Crippen LogP contribution is 2.48. The Bertz CT molecular complexity index is 1490. The van der Waals surface area contributed by atoms with Crippen LogP contribution in [0.25, 0.3) is 0 Å².